The maximum absolute atomic E-state index is 14.9. The molecule has 0 N–H and O–H groups in total. The van der Waals surface area contributed by atoms with Crippen LogP contribution in [0.25, 0.3) is 16.9 Å². The van der Waals surface area contributed by atoms with E-state index in [9.17, 15) is 18.0 Å². The van der Waals surface area contributed by atoms with E-state index in [0.717, 1.165) is 25.5 Å². The summed E-state index contributed by atoms with van der Waals surface area (Å²) in [6, 6.07) is 5.90. The summed E-state index contributed by atoms with van der Waals surface area (Å²) in [5.41, 5.74) is 0.869. The van der Waals surface area contributed by atoms with Gasteiger partial charge in [0.1, 0.15) is 29.6 Å². The highest BCUT2D eigenvalue weighted by atomic mass is 19.3. The molecule has 6 nitrogen and oxygen atoms in total. The van der Waals surface area contributed by atoms with Crippen molar-refractivity contribution < 1.29 is 27.4 Å². The van der Waals surface area contributed by atoms with E-state index in [1.165, 1.54) is 12.3 Å². The topological polar surface area (TPSA) is 56.1 Å². The van der Waals surface area contributed by atoms with Crippen LogP contribution in [-0.2, 0) is 0 Å². The molecule has 0 aliphatic heterocycles. The Morgan fingerprint density at radius 2 is 2.06 bits per heavy atom. The van der Waals surface area contributed by atoms with Gasteiger partial charge in [0.25, 0.3) is 0 Å². The summed E-state index contributed by atoms with van der Waals surface area (Å²) >= 11 is 0. The number of aromatic nitrogens is 2. The van der Waals surface area contributed by atoms with Crippen molar-refractivity contribution in [3.63, 3.8) is 0 Å². The Morgan fingerprint density at radius 1 is 1.28 bits per heavy atom. The Bertz CT molecular complexity index is 1130. The Morgan fingerprint density at radius 3 is 2.75 bits per heavy atom. The molecule has 0 bridgehead atoms. The monoisotopic (exact) mass is 447 g/mol. The van der Waals surface area contributed by atoms with Gasteiger partial charge >= 0.3 is 6.61 Å². The zero-order valence-electron chi connectivity index (χ0n) is 17.9. The lowest BCUT2D eigenvalue weighted by Crippen LogP contribution is -2.19. The molecule has 1 aliphatic carbocycles. The van der Waals surface area contributed by atoms with Crippen molar-refractivity contribution in [1.82, 2.24) is 14.3 Å². The zero-order chi connectivity index (χ0) is 22.8. The van der Waals surface area contributed by atoms with Crippen LogP contribution in [0.5, 0.6) is 11.5 Å². The van der Waals surface area contributed by atoms with E-state index in [0.29, 0.717) is 23.7 Å². The van der Waals surface area contributed by atoms with E-state index in [-0.39, 0.29) is 17.9 Å². The molecule has 3 aromatic rings. The molecule has 0 unspecified atom stereocenters. The molecule has 1 aliphatic rings. The molecule has 32 heavy (non-hydrogen) atoms. The van der Waals surface area contributed by atoms with Crippen molar-refractivity contribution in [2.75, 3.05) is 27.2 Å². The SMILES string of the molecule is CN(C)CCOc1ccn2c(-c3cc(F)c(C(=O)CC4CC4)c(OC(F)F)c3)cnc2c1. The van der Waals surface area contributed by atoms with Crippen LogP contribution < -0.4 is 9.47 Å². The van der Waals surface area contributed by atoms with Gasteiger partial charge in [-0.3, -0.25) is 9.20 Å². The Hall–Kier alpha value is -3.07. The van der Waals surface area contributed by atoms with E-state index >= 15 is 0 Å². The van der Waals surface area contributed by atoms with Gasteiger partial charge in [-0.15, -0.1) is 0 Å². The van der Waals surface area contributed by atoms with Crippen molar-refractivity contribution in [2.24, 2.45) is 5.92 Å². The third-order valence-electron chi connectivity index (χ3n) is 5.31. The Kier molecular flexibility index (Phi) is 6.36. The van der Waals surface area contributed by atoms with Crippen molar-refractivity contribution in [1.29, 1.82) is 0 Å². The number of fused-ring (bicyclic) bond motifs is 1. The molecule has 0 saturated heterocycles. The first kappa shape index (κ1) is 22.1. The second-order valence-electron chi connectivity index (χ2n) is 8.17. The first-order chi connectivity index (χ1) is 15.3. The second kappa shape index (κ2) is 9.20. The van der Waals surface area contributed by atoms with Crippen LogP contribution in [0.1, 0.15) is 29.6 Å². The molecule has 4 rings (SSSR count). The van der Waals surface area contributed by atoms with Crippen molar-refractivity contribution in [3.05, 3.63) is 48.0 Å². The van der Waals surface area contributed by atoms with Gasteiger partial charge in [-0.05, 0) is 51.1 Å². The molecule has 0 amide bonds. The molecule has 1 saturated carbocycles. The van der Waals surface area contributed by atoms with Crippen LogP contribution in [-0.4, -0.2) is 53.9 Å². The maximum Gasteiger partial charge on any atom is 0.387 e. The van der Waals surface area contributed by atoms with Gasteiger partial charge in [-0.2, -0.15) is 8.78 Å². The number of hydrogen-bond donors (Lipinski definition) is 0. The summed E-state index contributed by atoms with van der Waals surface area (Å²) in [4.78, 5) is 18.8. The lowest BCUT2D eigenvalue weighted by Gasteiger charge is -2.14. The number of halogens is 3. The molecule has 9 heteroatoms. The van der Waals surface area contributed by atoms with Crippen LogP contribution in [0, 0.1) is 11.7 Å². The third-order valence-corrected chi connectivity index (χ3v) is 5.31. The number of hydrogen-bond acceptors (Lipinski definition) is 5. The van der Waals surface area contributed by atoms with E-state index in [2.05, 4.69) is 9.72 Å². The van der Waals surface area contributed by atoms with E-state index in [1.807, 2.05) is 19.0 Å². The van der Waals surface area contributed by atoms with Gasteiger partial charge in [-0.1, -0.05) is 0 Å². The lowest BCUT2D eigenvalue weighted by atomic mass is 10.0. The number of pyridine rings is 1. The van der Waals surface area contributed by atoms with Gasteiger partial charge < -0.3 is 14.4 Å². The lowest BCUT2D eigenvalue weighted by molar-refractivity contribution is -0.0502. The van der Waals surface area contributed by atoms with Gasteiger partial charge in [0.2, 0.25) is 0 Å². The van der Waals surface area contributed by atoms with Crippen molar-refractivity contribution in [3.8, 4) is 22.8 Å². The third kappa shape index (κ3) is 5.04. The summed E-state index contributed by atoms with van der Waals surface area (Å²) in [5, 5.41) is 0. The quantitative estimate of drug-likeness (QED) is 0.423. The normalized spacial score (nSPS) is 13.8. The fourth-order valence-electron chi connectivity index (χ4n) is 3.49. The number of Topliss-reactive ketones (excluding diaryl/α,β-unsaturated/α-hetero) is 1. The second-order valence-corrected chi connectivity index (χ2v) is 8.17. The highest BCUT2D eigenvalue weighted by Gasteiger charge is 2.29. The van der Waals surface area contributed by atoms with Gasteiger partial charge in [0.05, 0.1) is 17.5 Å². The summed E-state index contributed by atoms with van der Waals surface area (Å²) in [6.07, 6.45) is 5.12. The molecule has 170 valence electrons. The molecule has 2 heterocycles. The van der Waals surface area contributed by atoms with Gasteiger partial charge in [-0.25, -0.2) is 9.37 Å². The van der Waals surface area contributed by atoms with E-state index in [1.54, 1.807) is 22.7 Å². The zero-order valence-corrected chi connectivity index (χ0v) is 17.9. The minimum absolute atomic E-state index is 0.127. The molecular formula is C23H24F3N3O3. The van der Waals surface area contributed by atoms with E-state index < -0.39 is 29.5 Å². The van der Waals surface area contributed by atoms with E-state index in [4.69, 9.17) is 4.74 Å². The van der Waals surface area contributed by atoms with Gasteiger partial charge in [0, 0.05) is 30.8 Å². The Balaban J connectivity index is 1.66. The fraction of sp³-hybridized carbons (Fsp3) is 0.391. The highest BCUT2D eigenvalue weighted by Crippen LogP contribution is 2.37. The minimum Gasteiger partial charge on any atom is -0.492 e. The minimum atomic E-state index is -3.18. The first-order valence-electron chi connectivity index (χ1n) is 10.4. The highest BCUT2D eigenvalue weighted by molar-refractivity contribution is 6.00. The van der Waals surface area contributed by atoms with Crippen LogP contribution in [0.2, 0.25) is 0 Å². The number of rotatable bonds is 10. The van der Waals surface area contributed by atoms with Crippen molar-refractivity contribution in [2.45, 2.75) is 25.9 Å². The largest absolute Gasteiger partial charge is 0.492 e. The van der Waals surface area contributed by atoms with Crippen LogP contribution >= 0.6 is 0 Å². The molecule has 1 aromatic carbocycles. The molecule has 1 fully saturated rings. The number of imidazole rings is 1. The fourth-order valence-corrected chi connectivity index (χ4v) is 3.49. The average Bonchev–Trinajstić information content (AvgIpc) is 3.42. The number of benzene rings is 1. The van der Waals surface area contributed by atoms with Crippen LogP contribution in [0.15, 0.2) is 36.7 Å². The number of nitrogens with zero attached hydrogens (tertiary/aromatic N) is 3. The predicted octanol–water partition coefficient (Wildman–Crippen LogP) is 4.67. The number of ketones is 1. The summed E-state index contributed by atoms with van der Waals surface area (Å²) in [7, 11) is 3.90. The number of ether oxygens (including phenoxy) is 2. The number of carbonyl (C=O) groups excluding carboxylic acids is 1. The smallest absolute Gasteiger partial charge is 0.387 e. The number of carbonyl (C=O) groups is 1. The standard InChI is InChI=1S/C23H24F3N3O3/c1-28(2)7-8-31-16-5-6-29-18(13-27-21(29)12-16)15-10-17(24)22(19(30)9-14-3-4-14)20(11-15)32-23(25)26/h5-6,10-14,23H,3-4,7-9H2,1-2H3. The summed E-state index contributed by atoms with van der Waals surface area (Å²) in [5.74, 6) is -1.05. The molecule has 0 radical (unpaired) electrons. The predicted molar refractivity (Wildman–Crippen MR) is 113 cm³/mol. The van der Waals surface area contributed by atoms with Gasteiger partial charge in [0.15, 0.2) is 5.78 Å². The molecule has 2 aromatic heterocycles. The molecule has 0 spiro atoms. The summed E-state index contributed by atoms with van der Waals surface area (Å²) < 4.78 is 52.9. The molecule has 0 atom stereocenters. The van der Waals surface area contributed by atoms with Crippen LogP contribution in [0.4, 0.5) is 13.2 Å². The first-order valence-corrected chi connectivity index (χ1v) is 10.4. The number of alkyl halides is 2. The average molecular weight is 447 g/mol. The summed E-state index contributed by atoms with van der Waals surface area (Å²) in [6.45, 7) is -1.92. The van der Waals surface area contributed by atoms with Crippen LogP contribution in [0.3, 0.4) is 0 Å². The van der Waals surface area contributed by atoms with Crippen molar-refractivity contribution >= 4 is 11.4 Å². The molecular weight excluding hydrogens is 423 g/mol. The number of likely N-dealkylation sites (N-methyl/N-ethyl adjacent to an activating group) is 1. The maximum atomic E-state index is 14.9. The Labute approximate surface area is 183 Å².